The van der Waals surface area contributed by atoms with Crippen molar-refractivity contribution in [3.63, 3.8) is 0 Å². The molecule has 0 spiro atoms. The number of methoxy groups -OCH3 is 1. The van der Waals surface area contributed by atoms with Gasteiger partial charge in [0.25, 0.3) is 0 Å². The van der Waals surface area contributed by atoms with Crippen LogP contribution in [-0.4, -0.2) is 29.3 Å². The molecule has 0 fully saturated rings. The molecule has 0 radical (unpaired) electrons. The fraction of sp³-hybridized carbons (Fsp3) is 0.176. The molecule has 8 heteroatoms. The van der Waals surface area contributed by atoms with Gasteiger partial charge in [0.15, 0.2) is 0 Å². The van der Waals surface area contributed by atoms with E-state index < -0.39 is 11.9 Å². The SMILES string of the molecule is COc1ccc(CNCc2ccc(Cl)c(Cl)c2)cc1.O=C(O)C(=O)O. The molecule has 0 aliphatic heterocycles. The zero-order valence-corrected chi connectivity index (χ0v) is 14.8. The third-order valence-electron chi connectivity index (χ3n) is 2.98. The molecule has 0 bridgehead atoms. The summed E-state index contributed by atoms with van der Waals surface area (Å²) in [5.74, 6) is -2.78. The minimum Gasteiger partial charge on any atom is -0.497 e. The van der Waals surface area contributed by atoms with E-state index in [1.54, 1.807) is 7.11 Å². The van der Waals surface area contributed by atoms with E-state index in [0.29, 0.717) is 10.0 Å². The summed E-state index contributed by atoms with van der Waals surface area (Å²) in [4.78, 5) is 18.2. The molecule has 0 aliphatic rings. The largest absolute Gasteiger partial charge is 0.497 e. The van der Waals surface area contributed by atoms with Gasteiger partial charge in [-0.1, -0.05) is 41.4 Å². The molecule has 0 aromatic heterocycles. The highest BCUT2D eigenvalue weighted by Gasteiger charge is 2.04. The average Bonchev–Trinajstić information content (AvgIpc) is 2.59. The van der Waals surface area contributed by atoms with Gasteiger partial charge in [-0.2, -0.15) is 0 Å². The first-order chi connectivity index (χ1) is 11.8. The van der Waals surface area contributed by atoms with Crippen molar-refractivity contribution in [1.82, 2.24) is 5.32 Å². The van der Waals surface area contributed by atoms with E-state index in [1.165, 1.54) is 5.56 Å². The number of hydrogen-bond donors (Lipinski definition) is 3. The van der Waals surface area contributed by atoms with E-state index in [0.717, 1.165) is 24.4 Å². The maximum absolute atomic E-state index is 9.10. The van der Waals surface area contributed by atoms with Crippen LogP contribution in [0.1, 0.15) is 11.1 Å². The summed E-state index contributed by atoms with van der Waals surface area (Å²) in [6, 6.07) is 13.7. The van der Waals surface area contributed by atoms with Crippen LogP contribution in [0.15, 0.2) is 42.5 Å². The van der Waals surface area contributed by atoms with Gasteiger partial charge < -0.3 is 20.3 Å². The summed E-state index contributed by atoms with van der Waals surface area (Å²) in [7, 11) is 1.66. The first kappa shape index (κ1) is 20.8. The third-order valence-corrected chi connectivity index (χ3v) is 3.72. The highest BCUT2D eigenvalue weighted by Crippen LogP contribution is 2.22. The lowest BCUT2D eigenvalue weighted by atomic mass is 10.2. The number of halogens is 2. The summed E-state index contributed by atoms with van der Waals surface area (Å²) in [6.45, 7) is 1.55. The standard InChI is InChI=1S/C15H15Cl2NO.C2H2O4/c1-19-13-5-2-11(3-6-13)9-18-10-12-4-7-14(16)15(17)8-12;3-1(4)2(5)6/h2-8,18H,9-10H2,1H3;(H,3,4)(H,5,6). The van der Waals surface area contributed by atoms with Crippen LogP contribution in [0.2, 0.25) is 10.0 Å². The lowest BCUT2D eigenvalue weighted by Crippen LogP contribution is -2.12. The van der Waals surface area contributed by atoms with Crippen LogP contribution >= 0.6 is 23.2 Å². The lowest BCUT2D eigenvalue weighted by molar-refractivity contribution is -0.159. The fourth-order valence-electron chi connectivity index (χ4n) is 1.74. The zero-order valence-electron chi connectivity index (χ0n) is 13.3. The van der Waals surface area contributed by atoms with Gasteiger partial charge in [0.1, 0.15) is 5.75 Å². The highest BCUT2D eigenvalue weighted by molar-refractivity contribution is 6.42. The second-order valence-electron chi connectivity index (χ2n) is 4.81. The topological polar surface area (TPSA) is 95.9 Å². The molecule has 2 aromatic rings. The first-order valence-electron chi connectivity index (χ1n) is 7.07. The van der Waals surface area contributed by atoms with E-state index in [2.05, 4.69) is 5.32 Å². The van der Waals surface area contributed by atoms with Crippen molar-refractivity contribution in [2.75, 3.05) is 7.11 Å². The van der Waals surface area contributed by atoms with E-state index >= 15 is 0 Å². The van der Waals surface area contributed by atoms with Gasteiger partial charge in [0, 0.05) is 13.1 Å². The molecular formula is C17H17Cl2NO5. The summed E-state index contributed by atoms with van der Waals surface area (Å²) >= 11 is 11.8. The molecule has 3 N–H and O–H groups in total. The normalized spacial score (nSPS) is 9.72. The molecule has 134 valence electrons. The van der Waals surface area contributed by atoms with E-state index in [-0.39, 0.29) is 0 Å². The van der Waals surface area contributed by atoms with Gasteiger partial charge in [-0.15, -0.1) is 0 Å². The molecule has 0 heterocycles. The number of rotatable bonds is 5. The molecule has 0 amide bonds. The number of carboxylic acid groups (broad SMARTS) is 2. The Labute approximate surface area is 155 Å². The molecule has 2 rings (SSSR count). The Hall–Kier alpha value is -2.28. The van der Waals surface area contributed by atoms with Crippen LogP contribution in [0, 0.1) is 0 Å². The monoisotopic (exact) mass is 385 g/mol. The minimum absolute atomic E-state index is 0.584. The van der Waals surface area contributed by atoms with E-state index in [9.17, 15) is 0 Å². The summed E-state index contributed by atoms with van der Waals surface area (Å²) in [5.41, 5.74) is 2.32. The number of carboxylic acids is 2. The van der Waals surface area contributed by atoms with Crippen LogP contribution in [0.5, 0.6) is 5.75 Å². The number of ether oxygens (including phenoxy) is 1. The van der Waals surface area contributed by atoms with Gasteiger partial charge in [-0.05, 0) is 35.4 Å². The minimum atomic E-state index is -1.82. The maximum Gasteiger partial charge on any atom is 0.414 e. The summed E-state index contributed by atoms with van der Waals surface area (Å²) in [6.07, 6.45) is 0. The molecule has 0 saturated heterocycles. The van der Waals surface area contributed by atoms with Crippen molar-refractivity contribution in [3.05, 3.63) is 63.6 Å². The maximum atomic E-state index is 9.10. The van der Waals surface area contributed by atoms with Crippen molar-refractivity contribution in [1.29, 1.82) is 0 Å². The first-order valence-corrected chi connectivity index (χ1v) is 7.83. The van der Waals surface area contributed by atoms with Gasteiger partial charge in [0.2, 0.25) is 0 Å². The van der Waals surface area contributed by atoms with Gasteiger partial charge >= 0.3 is 11.9 Å². The third kappa shape index (κ3) is 7.89. The Bertz CT molecular complexity index is 707. The predicted octanol–water partition coefficient (Wildman–Crippen LogP) is 3.45. The molecule has 0 atom stereocenters. The lowest BCUT2D eigenvalue weighted by Gasteiger charge is -2.07. The molecular weight excluding hydrogens is 369 g/mol. The zero-order chi connectivity index (χ0) is 18.8. The summed E-state index contributed by atoms with van der Waals surface area (Å²) in [5, 5.41) is 19.3. The fourth-order valence-corrected chi connectivity index (χ4v) is 2.06. The molecule has 2 aromatic carbocycles. The predicted molar refractivity (Wildman–Crippen MR) is 95.3 cm³/mol. The Balaban J connectivity index is 0.000000450. The molecule has 0 saturated carbocycles. The quantitative estimate of drug-likeness (QED) is 0.682. The molecule has 0 aliphatic carbocycles. The highest BCUT2D eigenvalue weighted by atomic mass is 35.5. The van der Waals surface area contributed by atoms with Crippen molar-refractivity contribution < 1.29 is 24.5 Å². The number of carbonyl (C=O) groups is 2. The van der Waals surface area contributed by atoms with E-state index in [4.69, 9.17) is 47.7 Å². The van der Waals surface area contributed by atoms with Crippen LogP contribution < -0.4 is 10.1 Å². The van der Waals surface area contributed by atoms with Crippen LogP contribution in [0.3, 0.4) is 0 Å². The molecule has 25 heavy (non-hydrogen) atoms. The second-order valence-corrected chi connectivity index (χ2v) is 5.62. The Morgan fingerprint density at radius 1 is 0.920 bits per heavy atom. The van der Waals surface area contributed by atoms with Crippen LogP contribution in [0.4, 0.5) is 0 Å². The van der Waals surface area contributed by atoms with Crippen LogP contribution in [-0.2, 0) is 22.7 Å². The van der Waals surface area contributed by atoms with Crippen molar-refractivity contribution in [2.24, 2.45) is 0 Å². The number of nitrogens with one attached hydrogen (secondary N) is 1. The number of hydrogen-bond acceptors (Lipinski definition) is 4. The van der Waals surface area contributed by atoms with Gasteiger partial charge in [-0.25, -0.2) is 9.59 Å². The van der Waals surface area contributed by atoms with Crippen molar-refractivity contribution in [2.45, 2.75) is 13.1 Å². The molecule has 6 nitrogen and oxygen atoms in total. The molecule has 0 unspecified atom stereocenters. The van der Waals surface area contributed by atoms with Gasteiger partial charge in [0.05, 0.1) is 17.2 Å². The Morgan fingerprint density at radius 2 is 1.44 bits per heavy atom. The van der Waals surface area contributed by atoms with Gasteiger partial charge in [-0.3, -0.25) is 0 Å². The van der Waals surface area contributed by atoms with Crippen molar-refractivity contribution >= 4 is 35.1 Å². The Morgan fingerprint density at radius 3 is 1.92 bits per heavy atom. The van der Waals surface area contributed by atoms with Crippen LogP contribution in [0.25, 0.3) is 0 Å². The average molecular weight is 386 g/mol. The van der Waals surface area contributed by atoms with Crippen molar-refractivity contribution in [3.8, 4) is 5.75 Å². The Kier molecular flexibility index (Phi) is 8.77. The van der Waals surface area contributed by atoms with E-state index in [1.807, 2.05) is 42.5 Å². The number of aliphatic carboxylic acids is 2. The second kappa shape index (κ2) is 10.6. The number of benzene rings is 2. The smallest absolute Gasteiger partial charge is 0.414 e. The summed E-state index contributed by atoms with van der Waals surface area (Å²) < 4.78 is 5.12.